The van der Waals surface area contributed by atoms with E-state index in [2.05, 4.69) is 20.8 Å². The van der Waals surface area contributed by atoms with Gasteiger partial charge in [0.1, 0.15) is 29.6 Å². The lowest BCUT2D eigenvalue weighted by Gasteiger charge is -2.29. The summed E-state index contributed by atoms with van der Waals surface area (Å²) < 4.78 is 18.8. The molecule has 33 heavy (non-hydrogen) atoms. The summed E-state index contributed by atoms with van der Waals surface area (Å²) in [5.74, 6) is 1.80. The van der Waals surface area contributed by atoms with Crippen LogP contribution in [-0.2, 0) is 13.1 Å². The van der Waals surface area contributed by atoms with Gasteiger partial charge in [-0.05, 0) is 64.8 Å². The van der Waals surface area contributed by atoms with Gasteiger partial charge in [0.25, 0.3) is 0 Å². The number of rotatable bonds is 4. The molecule has 1 aliphatic rings. The summed E-state index contributed by atoms with van der Waals surface area (Å²) in [6.45, 7) is 3.22. The lowest BCUT2D eigenvalue weighted by molar-refractivity contribution is 0.0890. The summed E-state index contributed by atoms with van der Waals surface area (Å²) in [7, 11) is 0. The first-order valence-electron chi connectivity index (χ1n) is 10.2. The molecule has 1 aliphatic heterocycles. The van der Waals surface area contributed by atoms with Crippen molar-refractivity contribution in [3.05, 3.63) is 96.2 Å². The molecular formula is C25H18BrCl2NO4. The monoisotopic (exact) mass is 545 g/mol. The van der Waals surface area contributed by atoms with Crippen molar-refractivity contribution < 1.29 is 13.9 Å². The molecular weight excluding hydrogens is 529 g/mol. The summed E-state index contributed by atoms with van der Waals surface area (Å²) in [5, 5.41) is 1.63. The standard InChI is InChI=1S/C25H18BrCl2NO4/c1-14-24(33-22-5-3-2-4-19(22)26)23(30)17-8-9-21-18(25(17)32-14)12-29(13-31-21)11-15-6-7-16(27)10-20(15)28/h2-10H,11-13H2,1H3. The molecule has 0 saturated heterocycles. The summed E-state index contributed by atoms with van der Waals surface area (Å²) >= 11 is 15.8. The molecule has 0 radical (unpaired) electrons. The Morgan fingerprint density at radius 3 is 2.73 bits per heavy atom. The van der Waals surface area contributed by atoms with Crippen molar-refractivity contribution in [2.45, 2.75) is 20.0 Å². The minimum absolute atomic E-state index is 0.163. The molecule has 1 aromatic heterocycles. The van der Waals surface area contributed by atoms with Crippen LogP contribution in [0.5, 0.6) is 17.2 Å². The number of nitrogens with zero attached hydrogens (tertiary/aromatic N) is 1. The first kappa shape index (κ1) is 22.3. The van der Waals surface area contributed by atoms with E-state index in [1.165, 1.54) is 0 Å². The Morgan fingerprint density at radius 1 is 1.12 bits per heavy atom. The molecule has 8 heteroatoms. The highest BCUT2D eigenvalue weighted by Crippen LogP contribution is 2.36. The van der Waals surface area contributed by atoms with Crippen molar-refractivity contribution >= 4 is 50.1 Å². The fourth-order valence-electron chi connectivity index (χ4n) is 3.85. The maximum absolute atomic E-state index is 13.3. The average molecular weight is 547 g/mol. The average Bonchev–Trinajstić information content (AvgIpc) is 2.79. The molecule has 0 amide bonds. The van der Waals surface area contributed by atoms with Crippen LogP contribution in [0.1, 0.15) is 16.9 Å². The van der Waals surface area contributed by atoms with E-state index < -0.39 is 0 Å². The molecule has 0 fully saturated rings. The Kier molecular flexibility index (Phi) is 6.10. The highest BCUT2D eigenvalue weighted by atomic mass is 79.9. The summed E-state index contributed by atoms with van der Waals surface area (Å²) in [6, 6.07) is 16.3. The third kappa shape index (κ3) is 4.36. The Balaban J connectivity index is 1.51. The number of benzene rings is 3. The molecule has 0 N–H and O–H groups in total. The lowest BCUT2D eigenvalue weighted by Crippen LogP contribution is -2.32. The second kappa shape index (κ2) is 9.03. The minimum Gasteiger partial charge on any atom is -0.478 e. The maximum Gasteiger partial charge on any atom is 0.235 e. The molecule has 0 saturated carbocycles. The normalized spacial score (nSPS) is 13.6. The molecule has 3 aromatic carbocycles. The largest absolute Gasteiger partial charge is 0.478 e. The Bertz CT molecular complexity index is 1440. The number of aryl methyl sites for hydroxylation is 1. The third-order valence-electron chi connectivity index (χ3n) is 5.49. The van der Waals surface area contributed by atoms with Gasteiger partial charge < -0.3 is 13.9 Å². The van der Waals surface area contributed by atoms with Crippen LogP contribution < -0.4 is 14.9 Å². The van der Waals surface area contributed by atoms with E-state index >= 15 is 0 Å². The second-order valence-corrected chi connectivity index (χ2v) is 9.46. The predicted molar refractivity (Wildman–Crippen MR) is 133 cm³/mol. The fraction of sp³-hybridized carbons (Fsp3) is 0.160. The van der Waals surface area contributed by atoms with Crippen LogP contribution >= 0.6 is 39.1 Å². The van der Waals surface area contributed by atoms with Gasteiger partial charge in [0.15, 0.2) is 0 Å². The Hall–Kier alpha value is -2.51. The highest BCUT2D eigenvalue weighted by Gasteiger charge is 2.25. The van der Waals surface area contributed by atoms with Crippen LogP contribution in [0.2, 0.25) is 10.0 Å². The SMILES string of the molecule is Cc1oc2c3c(ccc2c(=O)c1Oc1ccccc1Br)OCN(Cc1ccc(Cl)cc1Cl)C3. The van der Waals surface area contributed by atoms with Crippen LogP contribution in [0.4, 0.5) is 0 Å². The topological polar surface area (TPSA) is 51.9 Å². The van der Waals surface area contributed by atoms with Crippen LogP contribution in [0.3, 0.4) is 0 Å². The van der Waals surface area contributed by atoms with Gasteiger partial charge >= 0.3 is 0 Å². The van der Waals surface area contributed by atoms with Crippen molar-refractivity contribution in [2.75, 3.05) is 6.73 Å². The van der Waals surface area contributed by atoms with E-state index in [0.29, 0.717) is 58.1 Å². The summed E-state index contributed by atoms with van der Waals surface area (Å²) in [4.78, 5) is 15.4. The van der Waals surface area contributed by atoms with Gasteiger partial charge in [0.05, 0.1) is 15.4 Å². The lowest BCUT2D eigenvalue weighted by atomic mass is 10.1. The first-order chi connectivity index (χ1) is 15.9. The molecule has 0 aliphatic carbocycles. The van der Waals surface area contributed by atoms with E-state index in [-0.39, 0.29) is 11.2 Å². The van der Waals surface area contributed by atoms with Crippen molar-refractivity contribution in [1.82, 2.24) is 4.90 Å². The van der Waals surface area contributed by atoms with Gasteiger partial charge in [-0.3, -0.25) is 9.69 Å². The number of para-hydroxylation sites is 1. The molecule has 0 bridgehead atoms. The smallest absolute Gasteiger partial charge is 0.235 e. The molecule has 2 heterocycles. The zero-order valence-corrected chi connectivity index (χ0v) is 20.6. The zero-order chi connectivity index (χ0) is 23.1. The van der Waals surface area contributed by atoms with Crippen LogP contribution in [0.15, 0.2) is 68.3 Å². The molecule has 0 atom stereocenters. The summed E-state index contributed by atoms with van der Waals surface area (Å²) in [5.41, 5.74) is 2.03. The third-order valence-corrected chi connectivity index (χ3v) is 6.73. The summed E-state index contributed by atoms with van der Waals surface area (Å²) in [6.07, 6.45) is 0. The van der Waals surface area contributed by atoms with Crippen molar-refractivity contribution in [1.29, 1.82) is 0 Å². The quantitative estimate of drug-likeness (QED) is 0.268. The number of fused-ring (bicyclic) bond motifs is 3. The fourth-order valence-corrected chi connectivity index (χ4v) is 4.68. The van der Waals surface area contributed by atoms with E-state index in [1.54, 1.807) is 31.2 Å². The van der Waals surface area contributed by atoms with Crippen molar-refractivity contribution in [3.63, 3.8) is 0 Å². The van der Waals surface area contributed by atoms with Gasteiger partial charge in [-0.15, -0.1) is 0 Å². The molecule has 0 spiro atoms. The molecule has 4 aromatic rings. The minimum atomic E-state index is -0.231. The number of hydrogen-bond acceptors (Lipinski definition) is 5. The number of hydrogen-bond donors (Lipinski definition) is 0. The zero-order valence-electron chi connectivity index (χ0n) is 17.5. The Labute approximate surface area is 208 Å². The maximum atomic E-state index is 13.3. The number of halogens is 3. The van der Waals surface area contributed by atoms with E-state index in [0.717, 1.165) is 15.6 Å². The predicted octanol–water partition coefficient (Wildman–Crippen LogP) is 7.32. The molecule has 5 rings (SSSR count). The first-order valence-corrected chi connectivity index (χ1v) is 11.8. The Morgan fingerprint density at radius 2 is 1.94 bits per heavy atom. The van der Waals surface area contributed by atoms with Crippen molar-refractivity contribution in [2.24, 2.45) is 0 Å². The van der Waals surface area contributed by atoms with Gasteiger partial charge in [0.2, 0.25) is 11.2 Å². The van der Waals surface area contributed by atoms with E-state index in [1.807, 2.05) is 30.3 Å². The van der Waals surface area contributed by atoms with Crippen molar-refractivity contribution in [3.8, 4) is 17.2 Å². The highest BCUT2D eigenvalue weighted by molar-refractivity contribution is 9.10. The molecule has 168 valence electrons. The van der Waals surface area contributed by atoms with Crippen LogP contribution in [-0.4, -0.2) is 11.6 Å². The van der Waals surface area contributed by atoms with Crippen LogP contribution in [0, 0.1) is 6.92 Å². The van der Waals surface area contributed by atoms with Crippen LogP contribution in [0.25, 0.3) is 11.0 Å². The molecule has 5 nitrogen and oxygen atoms in total. The van der Waals surface area contributed by atoms with Gasteiger partial charge in [0, 0.05) is 23.1 Å². The van der Waals surface area contributed by atoms with Gasteiger partial charge in [-0.2, -0.15) is 0 Å². The van der Waals surface area contributed by atoms with E-state index in [4.69, 9.17) is 37.1 Å². The van der Waals surface area contributed by atoms with Gasteiger partial charge in [-0.25, -0.2) is 0 Å². The van der Waals surface area contributed by atoms with Gasteiger partial charge in [-0.1, -0.05) is 41.4 Å². The number of ether oxygens (including phenoxy) is 2. The molecule has 0 unspecified atom stereocenters. The van der Waals surface area contributed by atoms with E-state index in [9.17, 15) is 4.79 Å². The second-order valence-electron chi connectivity index (χ2n) is 7.76.